The molecule has 0 spiro atoms. The summed E-state index contributed by atoms with van der Waals surface area (Å²) in [7, 11) is 0. The van der Waals surface area contributed by atoms with E-state index in [-0.39, 0.29) is 0 Å². The largest absolute Gasteiger partial charge is 0.0645 e. The lowest BCUT2D eigenvalue weighted by Crippen LogP contribution is -2.02. The molecule has 0 aliphatic rings. The van der Waals surface area contributed by atoms with E-state index in [0.717, 1.165) is 5.92 Å². The smallest absolute Gasteiger partial charge is 0.00496 e. The summed E-state index contributed by atoms with van der Waals surface area (Å²) in [5, 5.41) is 0. The zero-order valence-corrected chi connectivity index (χ0v) is 8.88. The molecule has 0 aliphatic heterocycles. The predicted molar refractivity (Wildman–Crippen MR) is 58.5 cm³/mol. The minimum Gasteiger partial charge on any atom is -0.0645 e. The van der Waals surface area contributed by atoms with Gasteiger partial charge < -0.3 is 0 Å². The third-order valence-electron chi connectivity index (χ3n) is 2.26. The van der Waals surface area contributed by atoms with Gasteiger partial charge in [-0.2, -0.15) is 0 Å². The summed E-state index contributed by atoms with van der Waals surface area (Å²) < 4.78 is 0. The van der Waals surface area contributed by atoms with Gasteiger partial charge in [-0.1, -0.05) is 51.1 Å². The lowest BCUT2D eigenvalue weighted by molar-refractivity contribution is 0.591. The van der Waals surface area contributed by atoms with Crippen molar-refractivity contribution in [1.82, 2.24) is 0 Å². The van der Waals surface area contributed by atoms with Gasteiger partial charge in [0, 0.05) is 5.92 Å². The van der Waals surface area contributed by atoms with Crippen molar-refractivity contribution in [2.75, 3.05) is 0 Å². The van der Waals surface area contributed by atoms with Gasteiger partial charge in [0.15, 0.2) is 0 Å². The first kappa shape index (κ1) is 10.3. The highest BCUT2D eigenvalue weighted by atomic mass is 14.1. The molecule has 1 aromatic carbocycles. The molecule has 0 heteroatoms. The van der Waals surface area contributed by atoms with E-state index in [1.165, 1.54) is 18.4 Å². The fourth-order valence-electron chi connectivity index (χ4n) is 1.63. The zero-order valence-electron chi connectivity index (χ0n) is 8.88. The molecule has 0 saturated carbocycles. The van der Waals surface area contributed by atoms with Gasteiger partial charge in [-0.15, -0.1) is 0 Å². The molecule has 0 fully saturated rings. The van der Waals surface area contributed by atoms with Gasteiger partial charge in [-0.3, -0.25) is 0 Å². The summed E-state index contributed by atoms with van der Waals surface area (Å²) in [6.07, 6.45) is 2.39. The summed E-state index contributed by atoms with van der Waals surface area (Å²) in [6, 6.07) is 10.7. The molecule has 1 rings (SSSR count). The molecule has 13 heavy (non-hydrogen) atoms. The van der Waals surface area contributed by atoms with Crippen molar-refractivity contribution in [3.8, 4) is 0 Å². The van der Waals surface area contributed by atoms with Crippen LogP contribution in [0.5, 0.6) is 0 Å². The van der Waals surface area contributed by atoms with E-state index < -0.39 is 0 Å². The second-order valence-electron chi connectivity index (χ2n) is 3.92. The molecule has 0 N–H and O–H groups in total. The van der Waals surface area contributed by atoms with Crippen LogP contribution in [0.15, 0.2) is 30.3 Å². The summed E-state index contributed by atoms with van der Waals surface area (Å²) in [6.45, 7) is 6.79. The van der Waals surface area contributed by atoms with Crippen molar-refractivity contribution >= 4 is 0 Å². The molecule has 0 heterocycles. The number of rotatable bonds is 4. The van der Waals surface area contributed by atoms with Crippen LogP contribution in [-0.2, 0) is 0 Å². The Labute approximate surface area is 82.0 Å². The molecule has 0 atom stereocenters. The first-order chi connectivity index (χ1) is 6.24. The van der Waals surface area contributed by atoms with Gasteiger partial charge in [0.25, 0.3) is 0 Å². The SMILES string of the molecule is CC[C](CC(C)C)c1ccccc1. The molecular weight excluding hydrogens is 156 g/mol. The summed E-state index contributed by atoms with van der Waals surface area (Å²) in [5.74, 6) is 2.34. The van der Waals surface area contributed by atoms with Crippen LogP contribution in [0.1, 0.15) is 39.2 Å². The van der Waals surface area contributed by atoms with Crippen molar-refractivity contribution in [2.24, 2.45) is 5.92 Å². The predicted octanol–water partition coefficient (Wildman–Crippen LogP) is 4.07. The van der Waals surface area contributed by atoms with Crippen molar-refractivity contribution < 1.29 is 0 Å². The van der Waals surface area contributed by atoms with Crippen molar-refractivity contribution in [2.45, 2.75) is 33.6 Å². The Kier molecular flexibility index (Phi) is 4.01. The monoisotopic (exact) mass is 175 g/mol. The maximum absolute atomic E-state index is 2.28. The molecule has 1 aromatic rings. The maximum atomic E-state index is 2.28. The van der Waals surface area contributed by atoms with Gasteiger partial charge in [0.05, 0.1) is 0 Å². The normalized spacial score (nSPS) is 11.2. The third kappa shape index (κ3) is 3.22. The second kappa shape index (κ2) is 5.06. The molecule has 0 amide bonds. The Morgan fingerprint density at radius 2 is 1.77 bits per heavy atom. The average molecular weight is 175 g/mol. The van der Waals surface area contributed by atoms with E-state index >= 15 is 0 Å². The quantitative estimate of drug-likeness (QED) is 0.647. The van der Waals surface area contributed by atoms with Crippen LogP contribution in [0.25, 0.3) is 0 Å². The molecule has 1 radical (unpaired) electrons. The fourth-order valence-corrected chi connectivity index (χ4v) is 1.63. The van der Waals surface area contributed by atoms with Gasteiger partial charge in [0.1, 0.15) is 0 Å². The van der Waals surface area contributed by atoms with Crippen LogP contribution >= 0.6 is 0 Å². The van der Waals surface area contributed by atoms with Gasteiger partial charge in [-0.25, -0.2) is 0 Å². The Morgan fingerprint density at radius 3 is 2.23 bits per heavy atom. The first-order valence-corrected chi connectivity index (χ1v) is 5.14. The zero-order chi connectivity index (χ0) is 9.68. The van der Waals surface area contributed by atoms with Gasteiger partial charge in [0.2, 0.25) is 0 Å². The standard InChI is InChI=1S/C13H19/c1-4-12(10-11(2)3)13-8-6-5-7-9-13/h5-9,11H,4,10H2,1-3H3. The summed E-state index contributed by atoms with van der Waals surface area (Å²) in [4.78, 5) is 0. The third-order valence-corrected chi connectivity index (χ3v) is 2.26. The van der Waals surface area contributed by atoms with Crippen LogP contribution in [0.3, 0.4) is 0 Å². The van der Waals surface area contributed by atoms with E-state index in [2.05, 4.69) is 51.1 Å². The molecule has 0 nitrogen and oxygen atoms in total. The molecule has 0 bridgehead atoms. The molecule has 0 aliphatic carbocycles. The lowest BCUT2D eigenvalue weighted by Gasteiger charge is -2.16. The van der Waals surface area contributed by atoms with Crippen LogP contribution in [-0.4, -0.2) is 0 Å². The van der Waals surface area contributed by atoms with Crippen LogP contribution in [0.2, 0.25) is 0 Å². The Morgan fingerprint density at radius 1 is 1.15 bits per heavy atom. The minimum atomic E-state index is 0.759. The molecule has 0 aromatic heterocycles. The van der Waals surface area contributed by atoms with Crippen molar-refractivity contribution in [3.63, 3.8) is 0 Å². The highest BCUT2D eigenvalue weighted by molar-refractivity contribution is 5.29. The van der Waals surface area contributed by atoms with Crippen LogP contribution < -0.4 is 0 Å². The molecular formula is C13H19. The van der Waals surface area contributed by atoms with E-state index in [4.69, 9.17) is 0 Å². The van der Waals surface area contributed by atoms with Crippen molar-refractivity contribution in [1.29, 1.82) is 0 Å². The Hall–Kier alpha value is -0.780. The Bertz CT molecular complexity index is 223. The number of hydrogen-bond acceptors (Lipinski definition) is 0. The number of hydrogen-bond donors (Lipinski definition) is 0. The average Bonchev–Trinajstić information content (AvgIpc) is 2.15. The fraction of sp³-hybridized carbons (Fsp3) is 0.462. The summed E-state index contributed by atoms with van der Waals surface area (Å²) >= 11 is 0. The topological polar surface area (TPSA) is 0 Å². The van der Waals surface area contributed by atoms with E-state index in [1.807, 2.05) is 0 Å². The second-order valence-corrected chi connectivity index (χ2v) is 3.92. The van der Waals surface area contributed by atoms with E-state index in [1.54, 1.807) is 5.92 Å². The lowest BCUT2D eigenvalue weighted by atomic mass is 9.88. The Balaban J connectivity index is 2.67. The van der Waals surface area contributed by atoms with Crippen LogP contribution in [0, 0.1) is 11.8 Å². The highest BCUT2D eigenvalue weighted by Crippen LogP contribution is 2.25. The van der Waals surface area contributed by atoms with E-state index in [9.17, 15) is 0 Å². The van der Waals surface area contributed by atoms with E-state index in [0.29, 0.717) is 0 Å². The van der Waals surface area contributed by atoms with Crippen LogP contribution in [0.4, 0.5) is 0 Å². The minimum absolute atomic E-state index is 0.759. The molecule has 0 saturated heterocycles. The summed E-state index contributed by atoms with van der Waals surface area (Å²) in [5.41, 5.74) is 1.42. The van der Waals surface area contributed by atoms with Gasteiger partial charge >= 0.3 is 0 Å². The first-order valence-electron chi connectivity index (χ1n) is 5.14. The van der Waals surface area contributed by atoms with Gasteiger partial charge in [-0.05, 0) is 24.3 Å². The maximum Gasteiger partial charge on any atom is 0.00496 e. The van der Waals surface area contributed by atoms with Crippen molar-refractivity contribution in [3.05, 3.63) is 41.8 Å². The molecule has 71 valence electrons. The highest BCUT2D eigenvalue weighted by Gasteiger charge is 2.10. The molecule has 0 unspecified atom stereocenters. The number of benzene rings is 1.